The van der Waals surface area contributed by atoms with Crippen molar-refractivity contribution in [3.8, 4) is 0 Å². The van der Waals surface area contributed by atoms with Crippen molar-refractivity contribution >= 4 is 15.6 Å². The average molecular weight is 231 g/mol. The van der Waals surface area contributed by atoms with Gasteiger partial charge in [0, 0.05) is 12.8 Å². The molecule has 0 radical (unpaired) electrons. The standard InChI is InChI=1S/C8H13N3O3S/c1-3-4-11-7(5-9-10-11)8(12)6-15(2,13)14/h5H,3-4,6H2,1-2H3. The molecule has 0 saturated carbocycles. The molecule has 84 valence electrons. The van der Waals surface area contributed by atoms with Gasteiger partial charge in [-0.25, -0.2) is 13.1 Å². The molecule has 0 aliphatic rings. The number of sulfone groups is 1. The Morgan fingerprint density at radius 1 is 1.53 bits per heavy atom. The number of ketones is 1. The molecule has 1 aromatic heterocycles. The molecular formula is C8H13N3O3S. The van der Waals surface area contributed by atoms with Crippen LogP contribution >= 0.6 is 0 Å². The molecule has 6 nitrogen and oxygen atoms in total. The smallest absolute Gasteiger partial charge is 0.197 e. The van der Waals surface area contributed by atoms with E-state index < -0.39 is 21.4 Å². The monoisotopic (exact) mass is 231 g/mol. The fourth-order valence-electron chi connectivity index (χ4n) is 1.16. The number of rotatable bonds is 5. The normalized spacial score (nSPS) is 11.6. The summed E-state index contributed by atoms with van der Waals surface area (Å²) in [5, 5.41) is 7.30. The molecule has 0 aliphatic heterocycles. The molecule has 0 fully saturated rings. The molecule has 15 heavy (non-hydrogen) atoms. The van der Waals surface area contributed by atoms with Crippen molar-refractivity contribution in [2.75, 3.05) is 12.0 Å². The van der Waals surface area contributed by atoms with Gasteiger partial charge in [-0.3, -0.25) is 4.79 Å². The van der Waals surface area contributed by atoms with Gasteiger partial charge in [0.25, 0.3) is 0 Å². The Hall–Kier alpha value is -1.24. The first-order valence-electron chi connectivity index (χ1n) is 4.53. The highest BCUT2D eigenvalue weighted by Gasteiger charge is 2.17. The molecule has 0 N–H and O–H groups in total. The van der Waals surface area contributed by atoms with Crippen LogP contribution in [0.25, 0.3) is 0 Å². The fourth-order valence-corrected chi connectivity index (χ4v) is 1.79. The fraction of sp³-hybridized carbons (Fsp3) is 0.625. The second-order valence-corrected chi connectivity index (χ2v) is 5.48. The molecule has 0 aromatic carbocycles. The zero-order valence-electron chi connectivity index (χ0n) is 8.67. The Bertz CT molecular complexity index is 449. The summed E-state index contributed by atoms with van der Waals surface area (Å²) in [4.78, 5) is 11.5. The number of nitrogens with zero attached hydrogens (tertiary/aromatic N) is 3. The first-order valence-corrected chi connectivity index (χ1v) is 6.59. The number of carbonyl (C=O) groups excluding carboxylic acids is 1. The van der Waals surface area contributed by atoms with E-state index in [1.54, 1.807) is 0 Å². The predicted octanol–water partition coefficient (Wildman–Crippen LogP) is -0.0846. The number of hydrogen-bond acceptors (Lipinski definition) is 5. The largest absolute Gasteiger partial charge is 0.291 e. The maximum atomic E-state index is 11.5. The molecule has 0 aliphatic carbocycles. The SMILES string of the molecule is CCCn1nncc1C(=O)CS(C)(=O)=O. The summed E-state index contributed by atoms with van der Waals surface area (Å²) in [5.74, 6) is -0.958. The third kappa shape index (κ3) is 3.43. The first-order chi connectivity index (χ1) is 6.94. The van der Waals surface area contributed by atoms with E-state index >= 15 is 0 Å². The van der Waals surface area contributed by atoms with Crippen LogP contribution < -0.4 is 0 Å². The predicted molar refractivity (Wildman–Crippen MR) is 54.4 cm³/mol. The summed E-state index contributed by atoms with van der Waals surface area (Å²) in [7, 11) is -3.30. The van der Waals surface area contributed by atoms with E-state index in [0.29, 0.717) is 6.54 Å². The summed E-state index contributed by atoms with van der Waals surface area (Å²) in [6, 6.07) is 0. The molecule has 1 rings (SSSR count). The molecular weight excluding hydrogens is 218 g/mol. The van der Waals surface area contributed by atoms with Crippen LogP contribution in [0, 0.1) is 0 Å². The zero-order chi connectivity index (χ0) is 11.5. The van der Waals surface area contributed by atoms with Crippen LogP contribution in [0.5, 0.6) is 0 Å². The number of aromatic nitrogens is 3. The third-order valence-corrected chi connectivity index (χ3v) is 2.52. The molecule has 0 bridgehead atoms. The molecule has 0 unspecified atom stereocenters. The molecule has 0 atom stereocenters. The van der Waals surface area contributed by atoms with Gasteiger partial charge in [-0.1, -0.05) is 12.1 Å². The summed E-state index contributed by atoms with van der Waals surface area (Å²) in [5.41, 5.74) is 0.252. The molecule has 0 amide bonds. The van der Waals surface area contributed by atoms with Crippen LogP contribution in [0.2, 0.25) is 0 Å². The van der Waals surface area contributed by atoms with Gasteiger partial charge in [0.1, 0.15) is 11.4 Å². The topological polar surface area (TPSA) is 81.9 Å². The quantitative estimate of drug-likeness (QED) is 0.662. The van der Waals surface area contributed by atoms with E-state index in [4.69, 9.17) is 0 Å². The lowest BCUT2D eigenvalue weighted by Gasteiger charge is -2.02. The van der Waals surface area contributed by atoms with Crippen LogP contribution in [-0.4, -0.2) is 41.2 Å². The summed E-state index contributed by atoms with van der Waals surface area (Å²) < 4.78 is 23.3. The van der Waals surface area contributed by atoms with Crippen molar-refractivity contribution in [2.24, 2.45) is 0 Å². The Morgan fingerprint density at radius 2 is 2.20 bits per heavy atom. The highest BCUT2D eigenvalue weighted by atomic mass is 32.2. The van der Waals surface area contributed by atoms with Gasteiger partial charge in [0.05, 0.1) is 6.20 Å². The van der Waals surface area contributed by atoms with Crippen LogP contribution in [-0.2, 0) is 16.4 Å². The van der Waals surface area contributed by atoms with E-state index in [2.05, 4.69) is 10.3 Å². The lowest BCUT2D eigenvalue weighted by atomic mass is 10.3. The van der Waals surface area contributed by atoms with Gasteiger partial charge < -0.3 is 0 Å². The minimum absolute atomic E-state index is 0.252. The van der Waals surface area contributed by atoms with Crippen molar-refractivity contribution in [2.45, 2.75) is 19.9 Å². The van der Waals surface area contributed by atoms with Crippen molar-refractivity contribution in [1.29, 1.82) is 0 Å². The van der Waals surface area contributed by atoms with E-state index in [1.807, 2.05) is 6.92 Å². The zero-order valence-corrected chi connectivity index (χ0v) is 9.49. The van der Waals surface area contributed by atoms with Crippen LogP contribution in [0.1, 0.15) is 23.8 Å². The number of hydrogen-bond donors (Lipinski definition) is 0. The number of carbonyl (C=O) groups is 1. The van der Waals surface area contributed by atoms with Crippen molar-refractivity contribution < 1.29 is 13.2 Å². The van der Waals surface area contributed by atoms with Gasteiger partial charge in [-0.15, -0.1) is 5.10 Å². The van der Waals surface area contributed by atoms with Crippen LogP contribution in [0.3, 0.4) is 0 Å². The van der Waals surface area contributed by atoms with E-state index in [1.165, 1.54) is 10.9 Å². The van der Waals surface area contributed by atoms with Crippen LogP contribution in [0.15, 0.2) is 6.20 Å². The first kappa shape index (κ1) is 11.8. The second kappa shape index (κ2) is 4.52. The molecule has 7 heteroatoms. The highest BCUT2D eigenvalue weighted by molar-refractivity contribution is 7.91. The van der Waals surface area contributed by atoms with E-state index in [0.717, 1.165) is 12.7 Å². The summed E-state index contributed by atoms with van der Waals surface area (Å²) in [6.45, 7) is 2.50. The Labute approximate surface area is 88.2 Å². The Kier molecular flexibility index (Phi) is 3.57. The number of aryl methyl sites for hydroxylation is 1. The lowest BCUT2D eigenvalue weighted by Crippen LogP contribution is -2.18. The Morgan fingerprint density at radius 3 is 2.73 bits per heavy atom. The van der Waals surface area contributed by atoms with Gasteiger partial charge in [0.15, 0.2) is 15.6 Å². The lowest BCUT2D eigenvalue weighted by molar-refractivity contribution is 0.101. The molecule has 0 spiro atoms. The van der Waals surface area contributed by atoms with Gasteiger partial charge >= 0.3 is 0 Å². The summed E-state index contributed by atoms with van der Waals surface area (Å²) in [6.07, 6.45) is 3.13. The van der Waals surface area contributed by atoms with Crippen molar-refractivity contribution in [1.82, 2.24) is 15.0 Å². The minimum atomic E-state index is -3.30. The maximum Gasteiger partial charge on any atom is 0.197 e. The maximum absolute atomic E-state index is 11.5. The van der Waals surface area contributed by atoms with Crippen LogP contribution in [0.4, 0.5) is 0 Å². The minimum Gasteiger partial charge on any atom is -0.291 e. The van der Waals surface area contributed by atoms with E-state index in [-0.39, 0.29) is 5.69 Å². The molecule has 1 heterocycles. The van der Waals surface area contributed by atoms with Crippen molar-refractivity contribution in [3.05, 3.63) is 11.9 Å². The molecule has 0 saturated heterocycles. The van der Waals surface area contributed by atoms with Crippen molar-refractivity contribution in [3.63, 3.8) is 0 Å². The van der Waals surface area contributed by atoms with Gasteiger partial charge in [-0.05, 0) is 6.42 Å². The highest BCUT2D eigenvalue weighted by Crippen LogP contribution is 2.01. The van der Waals surface area contributed by atoms with E-state index in [9.17, 15) is 13.2 Å². The Balaban J connectivity index is 2.87. The molecule has 1 aromatic rings. The average Bonchev–Trinajstić information content (AvgIpc) is 2.49. The summed E-state index contributed by atoms with van der Waals surface area (Å²) >= 11 is 0. The third-order valence-electron chi connectivity index (χ3n) is 1.73. The second-order valence-electron chi connectivity index (χ2n) is 3.34. The number of Topliss-reactive ketones (excluding diaryl/α,β-unsaturated/α-hetero) is 1. The van der Waals surface area contributed by atoms with Gasteiger partial charge in [0.2, 0.25) is 0 Å². The van der Waals surface area contributed by atoms with Gasteiger partial charge in [-0.2, -0.15) is 0 Å².